The van der Waals surface area contributed by atoms with Crippen LogP contribution in [0, 0.1) is 0 Å². The van der Waals surface area contributed by atoms with Crippen molar-refractivity contribution in [1.82, 2.24) is 15.1 Å². The number of ether oxygens (including phenoxy) is 2. The highest BCUT2D eigenvalue weighted by atomic mass is 16.6. The third kappa shape index (κ3) is 6.18. The summed E-state index contributed by atoms with van der Waals surface area (Å²) in [5.74, 6) is -0.00997. The van der Waals surface area contributed by atoms with Crippen molar-refractivity contribution >= 4 is 31.4 Å². The molecule has 0 N–H and O–H groups in total. The fourth-order valence-electron chi connectivity index (χ4n) is 2.72. The molecule has 10 heteroatoms. The van der Waals surface area contributed by atoms with Crippen molar-refractivity contribution in [2.45, 2.75) is 52.7 Å². The van der Waals surface area contributed by atoms with E-state index in [1.54, 1.807) is 47.6 Å². The van der Waals surface area contributed by atoms with Gasteiger partial charge in [0.05, 0.1) is 0 Å². The first kappa shape index (κ1) is 24.0. The quantitative estimate of drug-likeness (QED) is 0.547. The molecule has 0 atom stereocenters. The summed E-state index contributed by atoms with van der Waals surface area (Å²) < 4.78 is 16.3. The molecule has 0 aliphatic carbocycles. The number of hydrogen-bond donors (Lipinski definition) is 0. The van der Waals surface area contributed by atoms with Gasteiger partial charge in [0.1, 0.15) is 24.7 Å². The molecule has 3 aromatic rings. The summed E-state index contributed by atoms with van der Waals surface area (Å²) in [5.41, 5.74) is -0.346. The van der Waals surface area contributed by atoms with Crippen LogP contribution < -0.4 is 10.5 Å². The Labute approximate surface area is 193 Å². The maximum atomic E-state index is 13.0. The number of imide groups is 1. The second kappa shape index (κ2) is 9.05. The number of amides is 2. The van der Waals surface area contributed by atoms with Crippen LogP contribution in [0.4, 0.5) is 15.4 Å². The van der Waals surface area contributed by atoms with E-state index in [0.717, 1.165) is 5.56 Å². The highest BCUT2D eigenvalue weighted by molar-refractivity contribution is 6.30. The summed E-state index contributed by atoms with van der Waals surface area (Å²) in [6.07, 6.45) is -0.755. The molecule has 0 bridgehead atoms. The van der Waals surface area contributed by atoms with Crippen molar-refractivity contribution in [3.8, 4) is 22.7 Å². The minimum atomic E-state index is -0.986. The number of aromatic nitrogens is 3. The van der Waals surface area contributed by atoms with Crippen LogP contribution in [0.5, 0.6) is 0 Å². The van der Waals surface area contributed by atoms with Crippen LogP contribution in [0.3, 0.4) is 0 Å². The highest BCUT2D eigenvalue weighted by Crippen LogP contribution is 2.31. The van der Waals surface area contributed by atoms with Crippen molar-refractivity contribution < 1.29 is 23.6 Å². The second-order valence-electron chi connectivity index (χ2n) is 9.21. The standard InChI is InChI=1S/C23H25BN4O5/c1-22(2,3)31-20(29)28(21(30)32-23(4,5)6)19-18(26-17(24)13-25-19)16-12-15(27-33-16)14-10-8-7-9-11-14/h7-13H,1-6H3. The van der Waals surface area contributed by atoms with Gasteiger partial charge in [-0.05, 0) is 41.5 Å². The predicted octanol–water partition coefficient (Wildman–Crippen LogP) is 4.27. The van der Waals surface area contributed by atoms with Gasteiger partial charge in [0, 0.05) is 23.4 Å². The van der Waals surface area contributed by atoms with Crippen molar-refractivity contribution in [3.63, 3.8) is 0 Å². The van der Waals surface area contributed by atoms with Gasteiger partial charge in [-0.2, -0.15) is 4.90 Å². The van der Waals surface area contributed by atoms with Crippen LogP contribution in [-0.2, 0) is 9.47 Å². The molecule has 0 unspecified atom stereocenters. The zero-order valence-corrected chi connectivity index (χ0v) is 19.4. The van der Waals surface area contributed by atoms with Gasteiger partial charge in [-0.3, -0.25) is 4.98 Å². The monoisotopic (exact) mass is 448 g/mol. The number of carbonyl (C=O) groups excluding carboxylic acids is 2. The molecular formula is C23H25BN4O5. The zero-order valence-electron chi connectivity index (χ0n) is 19.4. The molecule has 3 rings (SSSR count). The van der Waals surface area contributed by atoms with Gasteiger partial charge in [-0.25, -0.2) is 14.6 Å². The van der Waals surface area contributed by atoms with Gasteiger partial charge in [-0.15, -0.1) is 0 Å². The normalized spacial score (nSPS) is 11.7. The average Bonchev–Trinajstić information content (AvgIpc) is 3.17. The van der Waals surface area contributed by atoms with Gasteiger partial charge >= 0.3 is 12.2 Å². The number of benzene rings is 1. The number of nitrogens with zero attached hydrogens (tertiary/aromatic N) is 4. The Bertz CT molecular complexity index is 1120. The third-order valence-electron chi connectivity index (χ3n) is 3.95. The SMILES string of the molecule is [B]c1cnc(N(C(=O)OC(C)(C)C)C(=O)OC(C)(C)C)c(-c2cc(-c3ccccc3)no2)n1. The van der Waals surface area contributed by atoms with Gasteiger partial charge in [0.25, 0.3) is 0 Å². The molecule has 0 aliphatic rings. The first-order valence-electron chi connectivity index (χ1n) is 10.3. The van der Waals surface area contributed by atoms with E-state index in [4.69, 9.17) is 21.8 Å². The summed E-state index contributed by atoms with van der Waals surface area (Å²) in [6, 6.07) is 10.9. The fourth-order valence-corrected chi connectivity index (χ4v) is 2.72. The van der Waals surface area contributed by atoms with Crippen LogP contribution >= 0.6 is 0 Å². The lowest BCUT2D eigenvalue weighted by Gasteiger charge is -2.28. The zero-order chi connectivity index (χ0) is 24.4. The molecule has 0 saturated carbocycles. The summed E-state index contributed by atoms with van der Waals surface area (Å²) in [6.45, 7) is 10.1. The molecule has 0 spiro atoms. The molecular weight excluding hydrogens is 423 g/mol. The predicted molar refractivity (Wildman–Crippen MR) is 123 cm³/mol. The van der Waals surface area contributed by atoms with Gasteiger partial charge < -0.3 is 14.0 Å². The Morgan fingerprint density at radius 1 is 0.970 bits per heavy atom. The van der Waals surface area contributed by atoms with E-state index in [1.165, 1.54) is 6.20 Å². The van der Waals surface area contributed by atoms with Gasteiger partial charge in [-0.1, -0.05) is 35.5 Å². The van der Waals surface area contributed by atoms with Crippen LogP contribution in [-0.4, -0.2) is 46.4 Å². The number of anilines is 1. The molecule has 0 fully saturated rings. The summed E-state index contributed by atoms with van der Waals surface area (Å²) >= 11 is 0. The molecule has 33 heavy (non-hydrogen) atoms. The van der Waals surface area contributed by atoms with Crippen LogP contribution in [0.15, 0.2) is 47.1 Å². The lowest BCUT2D eigenvalue weighted by molar-refractivity contribution is 0.0429. The van der Waals surface area contributed by atoms with Crippen LogP contribution in [0.25, 0.3) is 22.7 Å². The number of hydrogen-bond acceptors (Lipinski definition) is 8. The lowest BCUT2D eigenvalue weighted by atomic mass is 10.1. The second-order valence-corrected chi connectivity index (χ2v) is 9.21. The Hall–Kier alpha value is -3.69. The minimum Gasteiger partial charge on any atom is -0.443 e. The largest absolute Gasteiger partial charge is 0.443 e. The molecule has 0 aliphatic heterocycles. The van der Waals surface area contributed by atoms with Gasteiger partial charge in [0.15, 0.2) is 17.3 Å². The molecule has 2 radical (unpaired) electrons. The van der Waals surface area contributed by atoms with E-state index < -0.39 is 23.4 Å². The van der Waals surface area contributed by atoms with E-state index in [-0.39, 0.29) is 22.9 Å². The maximum absolute atomic E-state index is 13.0. The molecule has 9 nitrogen and oxygen atoms in total. The molecule has 1 aromatic carbocycles. The van der Waals surface area contributed by atoms with E-state index in [0.29, 0.717) is 10.6 Å². The number of rotatable bonds is 3. The summed E-state index contributed by atoms with van der Waals surface area (Å²) in [7, 11) is 5.85. The molecule has 0 saturated heterocycles. The minimum absolute atomic E-state index is 0.0291. The molecule has 2 aromatic heterocycles. The van der Waals surface area contributed by atoms with E-state index >= 15 is 0 Å². The Morgan fingerprint density at radius 3 is 2.09 bits per heavy atom. The van der Waals surface area contributed by atoms with E-state index in [2.05, 4.69) is 15.1 Å². The summed E-state index contributed by atoms with van der Waals surface area (Å²) in [4.78, 5) is 35.2. The maximum Gasteiger partial charge on any atom is 0.425 e. The first-order valence-corrected chi connectivity index (χ1v) is 10.3. The number of carbonyl (C=O) groups is 2. The fraction of sp³-hybridized carbons (Fsp3) is 0.348. The summed E-state index contributed by atoms with van der Waals surface area (Å²) in [5, 5.41) is 4.07. The van der Waals surface area contributed by atoms with Crippen molar-refractivity contribution in [2.24, 2.45) is 0 Å². The molecule has 2 heterocycles. The Kier molecular flexibility index (Phi) is 6.57. The first-order chi connectivity index (χ1) is 15.3. The third-order valence-corrected chi connectivity index (χ3v) is 3.95. The van der Waals surface area contributed by atoms with Crippen LogP contribution in [0.1, 0.15) is 41.5 Å². The Balaban J connectivity index is 2.11. The Morgan fingerprint density at radius 2 is 1.55 bits per heavy atom. The van der Waals surface area contributed by atoms with Crippen molar-refractivity contribution in [1.29, 1.82) is 0 Å². The molecule has 170 valence electrons. The topological polar surface area (TPSA) is 108 Å². The molecule has 2 amide bonds. The average molecular weight is 448 g/mol. The van der Waals surface area contributed by atoms with E-state index in [9.17, 15) is 9.59 Å². The van der Waals surface area contributed by atoms with Crippen molar-refractivity contribution in [3.05, 3.63) is 42.6 Å². The van der Waals surface area contributed by atoms with Gasteiger partial charge in [0.2, 0.25) is 0 Å². The van der Waals surface area contributed by atoms with E-state index in [1.807, 2.05) is 30.3 Å². The lowest BCUT2D eigenvalue weighted by Crippen LogP contribution is -2.44. The smallest absolute Gasteiger partial charge is 0.425 e. The van der Waals surface area contributed by atoms with Crippen molar-refractivity contribution in [2.75, 3.05) is 4.90 Å². The highest BCUT2D eigenvalue weighted by Gasteiger charge is 2.36. The van der Waals surface area contributed by atoms with Crippen LogP contribution in [0.2, 0.25) is 0 Å².